The quantitative estimate of drug-likeness (QED) is 0.276. The first-order valence-electron chi connectivity index (χ1n) is 10.8. The fourth-order valence-electron chi connectivity index (χ4n) is 3.93. The lowest BCUT2D eigenvalue weighted by molar-refractivity contribution is -0.137. The zero-order valence-corrected chi connectivity index (χ0v) is 18.1. The van der Waals surface area contributed by atoms with Gasteiger partial charge in [0.1, 0.15) is 5.82 Å². The molecule has 0 atom stereocenters. The molecule has 0 bridgehead atoms. The van der Waals surface area contributed by atoms with Crippen LogP contribution >= 0.6 is 0 Å². The summed E-state index contributed by atoms with van der Waals surface area (Å²) in [4.78, 5) is 23.8. The van der Waals surface area contributed by atoms with Crippen molar-refractivity contribution < 1.29 is 18.7 Å². The molecule has 2 aromatic carbocycles. The van der Waals surface area contributed by atoms with E-state index in [1.165, 1.54) is 24.4 Å². The number of anilines is 1. The zero-order valence-electron chi connectivity index (χ0n) is 18.1. The second kappa shape index (κ2) is 8.97. The van der Waals surface area contributed by atoms with Crippen LogP contribution in [0.5, 0.6) is 0 Å². The number of benzene rings is 2. The minimum absolute atomic E-state index is 0.0349. The van der Waals surface area contributed by atoms with Crippen LogP contribution in [0, 0.1) is 11.8 Å². The molecular formula is C26H20F2N4O2. The molecule has 0 radical (unpaired) electrons. The van der Waals surface area contributed by atoms with Crippen LogP contribution in [0.25, 0.3) is 33.3 Å². The number of aliphatic imine (C=N–C) groups is 1. The molecule has 6 nitrogen and oxygen atoms in total. The van der Waals surface area contributed by atoms with Gasteiger partial charge in [-0.2, -0.15) is 4.39 Å². The molecule has 2 N–H and O–H groups in total. The van der Waals surface area contributed by atoms with Gasteiger partial charge in [0.05, 0.1) is 29.2 Å². The van der Waals surface area contributed by atoms with Gasteiger partial charge < -0.3 is 10.4 Å². The lowest BCUT2D eigenvalue weighted by atomic mass is 9.97. The van der Waals surface area contributed by atoms with E-state index in [1.54, 1.807) is 12.1 Å². The third kappa shape index (κ3) is 4.47. The van der Waals surface area contributed by atoms with E-state index >= 15 is 0 Å². The van der Waals surface area contributed by atoms with Crippen molar-refractivity contribution in [2.45, 2.75) is 12.8 Å². The number of carbonyl (C=O) groups is 1. The van der Waals surface area contributed by atoms with Crippen LogP contribution in [0.4, 0.5) is 14.5 Å². The minimum atomic E-state index is -0.864. The van der Waals surface area contributed by atoms with E-state index in [-0.39, 0.29) is 12.2 Å². The van der Waals surface area contributed by atoms with E-state index in [1.807, 2.05) is 24.3 Å². The molecule has 0 aliphatic carbocycles. The lowest BCUT2D eigenvalue weighted by Crippen LogP contribution is -2.10. The number of fused-ring (bicyclic) bond motifs is 1. The molecule has 34 heavy (non-hydrogen) atoms. The van der Waals surface area contributed by atoms with Crippen LogP contribution in [0.3, 0.4) is 0 Å². The van der Waals surface area contributed by atoms with Crippen LogP contribution < -0.4 is 5.32 Å². The third-order valence-electron chi connectivity index (χ3n) is 5.64. The van der Waals surface area contributed by atoms with Crippen molar-refractivity contribution in [3.05, 3.63) is 78.1 Å². The third-order valence-corrected chi connectivity index (χ3v) is 5.64. The molecule has 2 aromatic heterocycles. The summed E-state index contributed by atoms with van der Waals surface area (Å²) in [6.07, 6.45) is 1.94. The fourth-order valence-corrected chi connectivity index (χ4v) is 3.93. The van der Waals surface area contributed by atoms with Crippen molar-refractivity contribution in [3.8, 4) is 22.4 Å². The number of hydrogen-bond donors (Lipinski definition) is 2. The van der Waals surface area contributed by atoms with Gasteiger partial charge in [-0.15, -0.1) is 0 Å². The first-order valence-corrected chi connectivity index (χ1v) is 10.8. The summed E-state index contributed by atoms with van der Waals surface area (Å²) >= 11 is 0. The highest BCUT2D eigenvalue weighted by Crippen LogP contribution is 2.37. The summed E-state index contributed by atoms with van der Waals surface area (Å²) in [6, 6.07) is 15.1. The predicted octanol–water partition coefficient (Wildman–Crippen LogP) is 5.32. The Morgan fingerprint density at radius 3 is 2.41 bits per heavy atom. The van der Waals surface area contributed by atoms with Crippen LogP contribution in [0.2, 0.25) is 0 Å². The van der Waals surface area contributed by atoms with E-state index in [0.29, 0.717) is 41.8 Å². The van der Waals surface area contributed by atoms with E-state index in [0.717, 1.165) is 28.0 Å². The SMILES string of the molecule is O=C(O)CCCNc1c(C2=NC2)c(-c2ccc(-c3ccc(F)nc3)cc2)nc2ccc(F)cc12. The van der Waals surface area contributed by atoms with Crippen LogP contribution in [0.15, 0.2) is 65.8 Å². The molecule has 0 fully saturated rings. The molecule has 1 aliphatic rings. The monoisotopic (exact) mass is 458 g/mol. The second-order valence-corrected chi connectivity index (χ2v) is 8.01. The Labute approximate surface area is 194 Å². The van der Waals surface area contributed by atoms with E-state index in [4.69, 9.17) is 10.1 Å². The summed E-state index contributed by atoms with van der Waals surface area (Å²) in [5.41, 5.74) is 6.22. The van der Waals surface area contributed by atoms with E-state index in [9.17, 15) is 13.6 Å². The molecule has 0 unspecified atom stereocenters. The molecule has 5 rings (SSSR count). The minimum Gasteiger partial charge on any atom is -0.481 e. The zero-order chi connectivity index (χ0) is 23.7. The van der Waals surface area contributed by atoms with Gasteiger partial charge in [0.2, 0.25) is 5.95 Å². The Bertz CT molecular complexity index is 1420. The Kier molecular flexibility index (Phi) is 5.71. The molecule has 0 spiro atoms. The molecule has 170 valence electrons. The number of rotatable bonds is 8. The topological polar surface area (TPSA) is 87.5 Å². The maximum Gasteiger partial charge on any atom is 0.303 e. The molecule has 4 aromatic rings. The van der Waals surface area contributed by atoms with Crippen LogP contribution in [-0.4, -0.2) is 39.8 Å². The van der Waals surface area contributed by atoms with E-state index in [2.05, 4.69) is 15.3 Å². The number of pyridine rings is 2. The highest BCUT2D eigenvalue weighted by atomic mass is 19.1. The van der Waals surface area contributed by atoms with Gasteiger partial charge in [-0.3, -0.25) is 9.79 Å². The summed E-state index contributed by atoms with van der Waals surface area (Å²) in [5, 5.41) is 12.9. The molecular weight excluding hydrogens is 438 g/mol. The maximum absolute atomic E-state index is 14.1. The number of nitrogens with one attached hydrogen (secondary N) is 1. The molecule has 3 heterocycles. The van der Waals surface area contributed by atoms with Gasteiger partial charge in [-0.05, 0) is 42.3 Å². The lowest BCUT2D eigenvalue weighted by Gasteiger charge is -2.17. The number of carboxylic acid groups (broad SMARTS) is 1. The van der Waals surface area contributed by atoms with Gasteiger partial charge in [0.25, 0.3) is 0 Å². The molecule has 0 saturated carbocycles. The number of halogens is 2. The number of nitrogens with zero attached hydrogens (tertiary/aromatic N) is 3. The largest absolute Gasteiger partial charge is 0.481 e. The summed E-state index contributed by atoms with van der Waals surface area (Å²) < 4.78 is 27.3. The first-order chi connectivity index (χ1) is 16.5. The van der Waals surface area contributed by atoms with Gasteiger partial charge in [0, 0.05) is 41.2 Å². The first kappa shape index (κ1) is 21.6. The molecule has 0 saturated heterocycles. The van der Waals surface area contributed by atoms with Crippen LogP contribution in [-0.2, 0) is 4.79 Å². The highest BCUT2D eigenvalue weighted by Gasteiger charge is 2.25. The molecule has 8 heteroatoms. The Morgan fingerprint density at radius 1 is 1.00 bits per heavy atom. The van der Waals surface area contributed by atoms with Gasteiger partial charge in [-0.1, -0.05) is 24.3 Å². The van der Waals surface area contributed by atoms with Crippen LogP contribution in [0.1, 0.15) is 18.4 Å². The van der Waals surface area contributed by atoms with Gasteiger partial charge in [0.15, 0.2) is 0 Å². The molecule has 0 amide bonds. The predicted molar refractivity (Wildman–Crippen MR) is 127 cm³/mol. The number of hydrogen-bond acceptors (Lipinski definition) is 5. The van der Waals surface area contributed by atoms with Crippen molar-refractivity contribution in [3.63, 3.8) is 0 Å². The number of carboxylic acids is 1. The Balaban J connectivity index is 1.58. The maximum atomic E-state index is 14.1. The van der Waals surface area contributed by atoms with Gasteiger partial charge >= 0.3 is 5.97 Å². The van der Waals surface area contributed by atoms with E-state index < -0.39 is 11.9 Å². The molecule has 1 aliphatic heterocycles. The fraction of sp³-hybridized carbons (Fsp3) is 0.154. The summed E-state index contributed by atoms with van der Waals surface area (Å²) in [6.45, 7) is 0.983. The van der Waals surface area contributed by atoms with Crippen molar-refractivity contribution >= 4 is 28.3 Å². The van der Waals surface area contributed by atoms with Crippen molar-refractivity contribution in [1.82, 2.24) is 9.97 Å². The highest BCUT2D eigenvalue weighted by molar-refractivity contribution is 6.20. The van der Waals surface area contributed by atoms with Gasteiger partial charge in [-0.25, -0.2) is 14.4 Å². The Hall–Kier alpha value is -4.20. The summed E-state index contributed by atoms with van der Waals surface area (Å²) in [5.74, 6) is -1.77. The number of aromatic nitrogens is 2. The average molecular weight is 458 g/mol. The summed E-state index contributed by atoms with van der Waals surface area (Å²) in [7, 11) is 0. The standard InChI is InChI=1S/C26H20F2N4O2/c27-18-8-9-20-19(12-18)26(29-11-1-2-23(33)34)24(21-14-30-21)25(32-20)16-5-3-15(4-6-16)17-7-10-22(28)31-13-17/h3-10,12-13H,1-2,11,14H2,(H,29,32)(H,33,34). The van der Waals surface area contributed by atoms with Crippen molar-refractivity contribution in [2.24, 2.45) is 4.99 Å². The average Bonchev–Trinajstić information content (AvgIpc) is 3.67. The normalized spacial score (nSPS) is 12.5. The smallest absolute Gasteiger partial charge is 0.303 e. The Morgan fingerprint density at radius 2 is 1.74 bits per heavy atom. The number of aliphatic carboxylic acids is 1. The second-order valence-electron chi connectivity index (χ2n) is 8.01. The van der Waals surface area contributed by atoms with Crippen molar-refractivity contribution in [2.75, 3.05) is 18.4 Å². The van der Waals surface area contributed by atoms with Crippen molar-refractivity contribution in [1.29, 1.82) is 0 Å².